The monoisotopic (exact) mass is 223 g/mol. The van der Waals surface area contributed by atoms with Gasteiger partial charge in [-0.1, -0.05) is 26.7 Å². The van der Waals surface area contributed by atoms with Crippen molar-refractivity contribution in [2.45, 2.75) is 52.1 Å². The Labute approximate surface area is 96.9 Å². The summed E-state index contributed by atoms with van der Waals surface area (Å²) in [5.41, 5.74) is 5.86. The fourth-order valence-corrected chi connectivity index (χ4v) is 1.68. The molecule has 1 rings (SSSR count). The normalized spacial score (nSPS) is 12.7. The van der Waals surface area contributed by atoms with Crippen LogP contribution in [-0.4, -0.2) is 21.4 Å². The first kappa shape index (κ1) is 12.9. The van der Waals surface area contributed by atoms with Crippen molar-refractivity contribution in [3.8, 4) is 0 Å². The largest absolute Gasteiger partial charge is 0.328 e. The Balaban J connectivity index is 2.67. The highest BCUT2D eigenvalue weighted by atomic mass is 16.1. The van der Waals surface area contributed by atoms with Crippen molar-refractivity contribution in [1.29, 1.82) is 0 Å². The van der Waals surface area contributed by atoms with Gasteiger partial charge in [-0.05, 0) is 12.8 Å². The molecule has 0 aliphatic carbocycles. The molecule has 1 unspecified atom stereocenters. The third kappa shape index (κ3) is 3.17. The summed E-state index contributed by atoms with van der Waals surface area (Å²) in [6, 6.07) is -0.405. The summed E-state index contributed by atoms with van der Waals surface area (Å²) in [7, 11) is 0. The average molecular weight is 223 g/mol. The minimum atomic E-state index is -0.405. The second-order valence-electron chi connectivity index (χ2n) is 4.06. The van der Waals surface area contributed by atoms with Gasteiger partial charge in [0, 0.05) is 18.9 Å². The number of carbonyl (C=O) groups is 1. The Morgan fingerprint density at radius 2 is 2.25 bits per heavy atom. The molecular formula is C12H21N3O. The number of unbranched alkanes of at least 4 members (excludes halogenated alkanes) is 1. The van der Waals surface area contributed by atoms with Crippen molar-refractivity contribution < 1.29 is 4.79 Å². The number of rotatable bonds is 7. The van der Waals surface area contributed by atoms with Crippen LogP contribution in [0.2, 0.25) is 0 Å². The van der Waals surface area contributed by atoms with E-state index in [9.17, 15) is 4.79 Å². The Morgan fingerprint density at radius 1 is 1.50 bits per heavy atom. The van der Waals surface area contributed by atoms with Crippen LogP contribution in [0.5, 0.6) is 0 Å². The molecule has 0 bridgehead atoms. The van der Waals surface area contributed by atoms with Crippen LogP contribution in [0.25, 0.3) is 0 Å². The van der Waals surface area contributed by atoms with E-state index in [4.69, 9.17) is 5.73 Å². The number of hydrogen-bond donors (Lipinski definition) is 1. The molecular weight excluding hydrogens is 202 g/mol. The van der Waals surface area contributed by atoms with E-state index in [2.05, 4.69) is 18.8 Å². The van der Waals surface area contributed by atoms with Gasteiger partial charge in [-0.25, -0.2) is 4.98 Å². The first-order chi connectivity index (χ1) is 7.70. The van der Waals surface area contributed by atoms with E-state index < -0.39 is 6.04 Å². The summed E-state index contributed by atoms with van der Waals surface area (Å²) in [5.74, 6) is 0.470. The van der Waals surface area contributed by atoms with Gasteiger partial charge >= 0.3 is 0 Å². The van der Waals surface area contributed by atoms with Gasteiger partial charge in [0.15, 0.2) is 5.82 Å². The quantitative estimate of drug-likeness (QED) is 0.719. The fraction of sp³-hybridized carbons (Fsp3) is 0.667. The number of aromatic nitrogens is 2. The van der Waals surface area contributed by atoms with E-state index in [1.54, 1.807) is 6.20 Å². The molecule has 0 fully saturated rings. The van der Waals surface area contributed by atoms with E-state index in [-0.39, 0.29) is 5.78 Å². The van der Waals surface area contributed by atoms with Gasteiger partial charge in [0.25, 0.3) is 0 Å². The summed E-state index contributed by atoms with van der Waals surface area (Å²) in [6.07, 6.45) is 7.28. The molecule has 1 atom stereocenters. The van der Waals surface area contributed by atoms with Gasteiger partial charge in [-0.3, -0.25) is 4.79 Å². The van der Waals surface area contributed by atoms with Crippen molar-refractivity contribution in [3.05, 3.63) is 18.2 Å². The second kappa shape index (κ2) is 6.43. The topological polar surface area (TPSA) is 60.9 Å². The van der Waals surface area contributed by atoms with Crippen LogP contribution in [0.4, 0.5) is 0 Å². The Hall–Kier alpha value is -1.16. The molecule has 0 amide bonds. The minimum Gasteiger partial charge on any atom is -0.328 e. The highest BCUT2D eigenvalue weighted by Gasteiger charge is 2.19. The predicted molar refractivity (Wildman–Crippen MR) is 64.3 cm³/mol. The number of imidazole rings is 1. The average Bonchev–Trinajstić information content (AvgIpc) is 2.73. The maximum atomic E-state index is 12.0. The molecule has 0 spiro atoms. The fourth-order valence-electron chi connectivity index (χ4n) is 1.68. The van der Waals surface area contributed by atoms with Crippen LogP contribution in [0.1, 0.15) is 50.1 Å². The molecule has 0 radical (unpaired) electrons. The summed E-state index contributed by atoms with van der Waals surface area (Å²) >= 11 is 0. The lowest BCUT2D eigenvalue weighted by atomic mass is 10.1. The molecule has 0 aromatic carbocycles. The lowest BCUT2D eigenvalue weighted by Gasteiger charge is -2.10. The highest BCUT2D eigenvalue weighted by Crippen LogP contribution is 2.07. The number of carbonyl (C=O) groups excluding carboxylic acids is 1. The second-order valence-corrected chi connectivity index (χ2v) is 4.06. The van der Waals surface area contributed by atoms with Crippen molar-refractivity contribution in [1.82, 2.24) is 9.55 Å². The first-order valence-electron chi connectivity index (χ1n) is 6.01. The Morgan fingerprint density at radius 3 is 2.88 bits per heavy atom. The Bertz CT molecular complexity index is 333. The van der Waals surface area contributed by atoms with Crippen molar-refractivity contribution >= 4 is 5.78 Å². The molecule has 4 nitrogen and oxygen atoms in total. The molecule has 0 aliphatic rings. The first-order valence-corrected chi connectivity index (χ1v) is 6.01. The molecule has 1 aromatic heterocycles. The molecule has 0 saturated heterocycles. The zero-order chi connectivity index (χ0) is 12.0. The summed E-state index contributed by atoms with van der Waals surface area (Å²) in [6.45, 7) is 4.99. The molecule has 2 N–H and O–H groups in total. The molecule has 1 heterocycles. The van der Waals surface area contributed by atoms with Gasteiger partial charge < -0.3 is 10.3 Å². The van der Waals surface area contributed by atoms with Crippen LogP contribution in [-0.2, 0) is 6.54 Å². The van der Waals surface area contributed by atoms with E-state index in [0.717, 1.165) is 32.2 Å². The third-order valence-electron chi connectivity index (χ3n) is 2.61. The zero-order valence-corrected chi connectivity index (χ0v) is 10.1. The maximum Gasteiger partial charge on any atom is 0.214 e. The van der Waals surface area contributed by atoms with Crippen LogP contribution in [0.15, 0.2) is 12.4 Å². The standard InChI is InChI=1S/C12H21N3O/c1-3-5-6-10(13)11(16)12-14-7-9-15(12)8-4-2/h7,9-10H,3-6,8,13H2,1-2H3. The predicted octanol–water partition coefficient (Wildman–Crippen LogP) is 1.99. The number of nitrogens with zero attached hydrogens (tertiary/aromatic N) is 2. The molecule has 0 aliphatic heterocycles. The van der Waals surface area contributed by atoms with Crippen LogP contribution in [0, 0.1) is 0 Å². The van der Waals surface area contributed by atoms with E-state index in [1.807, 2.05) is 10.8 Å². The molecule has 1 aromatic rings. The van der Waals surface area contributed by atoms with Gasteiger partial charge in [-0.15, -0.1) is 0 Å². The number of hydrogen-bond acceptors (Lipinski definition) is 3. The minimum absolute atomic E-state index is 0.0353. The van der Waals surface area contributed by atoms with E-state index >= 15 is 0 Å². The lowest BCUT2D eigenvalue weighted by Crippen LogP contribution is -2.32. The van der Waals surface area contributed by atoms with E-state index in [1.165, 1.54) is 0 Å². The summed E-state index contributed by atoms with van der Waals surface area (Å²) in [4.78, 5) is 16.1. The maximum absolute atomic E-state index is 12.0. The third-order valence-corrected chi connectivity index (χ3v) is 2.61. The molecule has 16 heavy (non-hydrogen) atoms. The SMILES string of the molecule is CCCCC(N)C(=O)c1nccn1CCC. The van der Waals surface area contributed by atoms with Crippen LogP contribution >= 0.6 is 0 Å². The Kier molecular flexibility index (Phi) is 5.19. The van der Waals surface area contributed by atoms with Crippen LogP contribution < -0.4 is 5.73 Å². The molecule has 90 valence electrons. The zero-order valence-electron chi connectivity index (χ0n) is 10.1. The van der Waals surface area contributed by atoms with Gasteiger partial charge in [-0.2, -0.15) is 0 Å². The highest BCUT2D eigenvalue weighted by molar-refractivity contribution is 5.96. The van der Waals surface area contributed by atoms with Crippen molar-refractivity contribution in [2.24, 2.45) is 5.73 Å². The van der Waals surface area contributed by atoms with Crippen LogP contribution in [0.3, 0.4) is 0 Å². The molecule has 4 heteroatoms. The number of ketones is 1. The number of aryl methyl sites for hydroxylation is 1. The molecule has 0 saturated carbocycles. The lowest BCUT2D eigenvalue weighted by molar-refractivity contribution is 0.0941. The smallest absolute Gasteiger partial charge is 0.214 e. The van der Waals surface area contributed by atoms with Crippen molar-refractivity contribution in [3.63, 3.8) is 0 Å². The van der Waals surface area contributed by atoms with Gasteiger partial charge in [0.1, 0.15) is 0 Å². The van der Waals surface area contributed by atoms with E-state index in [0.29, 0.717) is 5.82 Å². The van der Waals surface area contributed by atoms with Gasteiger partial charge in [0.2, 0.25) is 5.78 Å². The summed E-state index contributed by atoms with van der Waals surface area (Å²) < 4.78 is 1.88. The van der Waals surface area contributed by atoms with Crippen molar-refractivity contribution in [2.75, 3.05) is 0 Å². The summed E-state index contributed by atoms with van der Waals surface area (Å²) in [5, 5.41) is 0. The number of Topliss-reactive ketones (excluding diaryl/α,β-unsaturated/α-hetero) is 1. The number of nitrogens with two attached hydrogens (primary N) is 1. The van der Waals surface area contributed by atoms with Gasteiger partial charge in [0.05, 0.1) is 6.04 Å².